The van der Waals surface area contributed by atoms with Crippen molar-refractivity contribution in [2.24, 2.45) is 0 Å². The molecule has 8 rings (SSSR count). The van der Waals surface area contributed by atoms with Crippen molar-refractivity contribution in [2.75, 3.05) is 0 Å². The number of para-hydroxylation sites is 2. The molecule has 0 amide bonds. The molecule has 7 aromatic rings. The molecule has 1 aliphatic rings. The molecule has 0 spiro atoms. The molecule has 0 saturated heterocycles. The van der Waals surface area contributed by atoms with Crippen molar-refractivity contribution >= 4 is 49.8 Å². The van der Waals surface area contributed by atoms with E-state index in [1.807, 2.05) is 31.2 Å². The van der Waals surface area contributed by atoms with E-state index in [9.17, 15) is 0 Å². The Hall–Kier alpha value is -5.73. The molecular formula is C44H34N2. The topological polar surface area (TPSA) is 17.8 Å². The first-order valence-corrected chi connectivity index (χ1v) is 16.0. The predicted octanol–water partition coefficient (Wildman–Crippen LogP) is 11.6. The highest BCUT2D eigenvalue weighted by atomic mass is 15.1. The van der Waals surface area contributed by atoms with Gasteiger partial charge < -0.3 is 0 Å². The van der Waals surface area contributed by atoms with Crippen molar-refractivity contribution in [3.63, 3.8) is 0 Å². The summed E-state index contributed by atoms with van der Waals surface area (Å²) in [6.45, 7) is 5.98. The van der Waals surface area contributed by atoms with Gasteiger partial charge in [-0.3, -0.25) is 4.57 Å². The van der Waals surface area contributed by atoms with Crippen molar-refractivity contribution in [2.45, 2.75) is 19.8 Å². The summed E-state index contributed by atoms with van der Waals surface area (Å²) in [6, 6.07) is 44.0. The highest BCUT2D eigenvalue weighted by Gasteiger charge is 2.20. The molecule has 0 fully saturated rings. The second-order valence-electron chi connectivity index (χ2n) is 11.9. The number of aromatic nitrogens is 2. The van der Waals surface area contributed by atoms with E-state index in [0.717, 1.165) is 41.0 Å². The highest BCUT2D eigenvalue weighted by Crippen LogP contribution is 2.44. The molecule has 0 atom stereocenters. The van der Waals surface area contributed by atoms with Gasteiger partial charge in [0.25, 0.3) is 0 Å². The molecule has 6 aromatic carbocycles. The summed E-state index contributed by atoms with van der Waals surface area (Å²) in [5.41, 5.74) is 12.2. The first-order chi connectivity index (χ1) is 22.7. The maximum absolute atomic E-state index is 5.05. The Morgan fingerprint density at radius 2 is 1.33 bits per heavy atom. The normalized spacial score (nSPS) is 13.4. The van der Waals surface area contributed by atoms with Gasteiger partial charge in [-0.15, -0.1) is 0 Å². The molecule has 46 heavy (non-hydrogen) atoms. The van der Waals surface area contributed by atoms with Crippen LogP contribution in [0.15, 0.2) is 152 Å². The molecule has 0 aliphatic heterocycles. The van der Waals surface area contributed by atoms with Crippen molar-refractivity contribution in [3.8, 4) is 16.8 Å². The van der Waals surface area contributed by atoms with Crippen molar-refractivity contribution in [1.82, 2.24) is 9.55 Å². The van der Waals surface area contributed by atoms with E-state index in [4.69, 9.17) is 4.98 Å². The van der Waals surface area contributed by atoms with Gasteiger partial charge in [-0.1, -0.05) is 134 Å². The summed E-state index contributed by atoms with van der Waals surface area (Å²) in [6.07, 6.45) is 12.5. The van der Waals surface area contributed by atoms with Gasteiger partial charge in [0.1, 0.15) is 5.82 Å². The first-order valence-electron chi connectivity index (χ1n) is 16.0. The molecular weight excluding hydrogens is 556 g/mol. The van der Waals surface area contributed by atoms with Crippen LogP contribution in [0.5, 0.6) is 0 Å². The summed E-state index contributed by atoms with van der Waals surface area (Å²) in [4.78, 5) is 5.05. The van der Waals surface area contributed by atoms with Gasteiger partial charge in [-0.2, -0.15) is 0 Å². The van der Waals surface area contributed by atoms with Gasteiger partial charge in [0.15, 0.2) is 0 Å². The van der Waals surface area contributed by atoms with Crippen LogP contribution >= 0.6 is 0 Å². The SMILES string of the molecule is C=C/C=C(\C=C/C)c1nc2ccccc2n1-c1ccc(-c2c3ccccc3c(C3=Cc4ccccc4CC3)c3ccccc23)cc1. The summed E-state index contributed by atoms with van der Waals surface area (Å²) in [7, 11) is 0. The average Bonchev–Trinajstić information content (AvgIpc) is 3.50. The van der Waals surface area contributed by atoms with Crippen molar-refractivity contribution in [1.29, 1.82) is 0 Å². The minimum atomic E-state index is 0.898. The first kappa shape index (κ1) is 27.8. The lowest BCUT2D eigenvalue weighted by Gasteiger charge is -2.22. The number of imidazole rings is 1. The van der Waals surface area contributed by atoms with Crippen LogP contribution in [0.2, 0.25) is 0 Å². The fraction of sp³-hybridized carbons (Fsp3) is 0.0682. The van der Waals surface area contributed by atoms with E-state index in [-0.39, 0.29) is 0 Å². The Balaban J connectivity index is 1.32. The number of fused-ring (bicyclic) bond motifs is 4. The second-order valence-corrected chi connectivity index (χ2v) is 11.9. The Bertz CT molecular complexity index is 2320. The van der Waals surface area contributed by atoms with Gasteiger partial charge >= 0.3 is 0 Å². The van der Waals surface area contributed by atoms with Gasteiger partial charge in [-0.05, 0) is 99.0 Å². The zero-order chi connectivity index (χ0) is 31.0. The van der Waals surface area contributed by atoms with Crippen LogP contribution < -0.4 is 0 Å². The Kier molecular flexibility index (Phi) is 7.04. The monoisotopic (exact) mass is 590 g/mol. The maximum atomic E-state index is 5.05. The van der Waals surface area contributed by atoms with E-state index in [1.54, 1.807) is 0 Å². The minimum Gasteiger partial charge on any atom is -0.292 e. The van der Waals surface area contributed by atoms with Gasteiger partial charge in [-0.25, -0.2) is 4.98 Å². The number of benzene rings is 6. The number of hydrogen-bond donors (Lipinski definition) is 0. The summed E-state index contributed by atoms with van der Waals surface area (Å²) in [5.74, 6) is 0.898. The van der Waals surface area contributed by atoms with Crippen LogP contribution in [0, 0.1) is 0 Å². The fourth-order valence-electron chi connectivity index (χ4n) is 7.18. The Labute approximate surface area is 270 Å². The number of allylic oxidation sites excluding steroid dienone is 6. The Morgan fingerprint density at radius 3 is 2.02 bits per heavy atom. The molecule has 1 heterocycles. The second kappa shape index (κ2) is 11.6. The third-order valence-electron chi connectivity index (χ3n) is 9.18. The quantitative estimate of drug-likeness (QED) is 0.139. The molecule has 2 nitrogen and oxygen atoms in total. The molecule has 0 saturated carbocycles. The molecule has 0 N–H and O–H groups in total. The van der Waals surface area contributed by atoms with Gasteiger partial charge in [0, 0.05) is 11.3 Å². The summed E-state index contributed by atoms with van der Waals surface area (Å²) in [5, 5.41) is 5.17. The number of rotatable bonds is 6. The lowest BCUT2D eigenvalue weighted by Crippen LogP contribution is -2.01. The Morgan fingerprint density at radius 1 is 0.696 bits per heavy atom. The van der Waals surface area contributed by atoms with Crippen molar-refractivity contribution in [3.05, 3.63) is 175 Å². The smallest absolute Gasteiger partial charge is 0.145 e. The lowest BCUT2D eigenvalue weighted by molar-refractivity contribution is 1.00. The van der Waals surface area contributed by atoms with Crippen LogP contribution in [-0.2, 0) is 6.42 Å². The number of aryl methyl sites for hydroxylation is 1. The van der Waals surface area contributed by atoms with Crippen LogP contribution in [0.25, 0.3) is 66.6 Å². The maximum Gasteiger partial charge on any atom is 0.145 e. The van der Waals surface area contributed by atoms with E-state index in [0.29, 0.717) is 0 Å². The largest absolute Gasteiger partial charge is 0.292 e. The number of nitrogens with zero attached hydrogens (tertiary/aromatic N) is 2. The van der Waals surface area contributed by atoms with Crippen molar-refractivity contribution < 1.29 is 0 Å². The van der Waals surface area contributed by atoms with Gasteiger partial charge in [0.05, 0.1) is 11.0 Å². The summed E-state index contributed by atoms with van der Waals surface area (Å²) >= 11 is 0. The zero-order valence-electron chi connectivity index (χ0n) is 25.9. The van der Waals surface area contributed by atoms with Crippen LogP contribution in [0.1, 0.15) is 35.9 Å². The van der Waals surface area contributed by atoms with Crippen LogP contribution in [0.4, 0.5) is 0 Å². The highest BCUT2D eigenvalue weighted by molar-refractivity contribution is 6.19. The fourth-order valence-corrected chi connectivity index (χ4v) is 7.18. The molecule has 2 heteroatoms. The minimum absolute atomic E-state index is 0.898. The third-order valence-corrected chi connectivity index (χ3v) is 9.18. The van der Waals surface area contributed by atoms with Crippen LogP contribution in [-0.4, -0.2) is 9.55 Å². The van der Waals surface area contributed by atoms with E-state index >= 15 is 0 Å². The van der Waals surface area contributed by atoms with Crippen LogP contribution in [0.3, 0.4) is 0 Å². The standard InChI is InChI=1S/C44H34N2/c1-3-13-32(14-4-2)44-45-40-21-11-12-22-41(40)46(44)35-27-25-31(26-28-35)42-36-17-7-9-19-38(36)43(39-20-10-8-18-37(39)42)34-24-23-30-15-5-6-16-33(30)29-34/h3-22,25-29H,1,23-24H2,2H3/b14-4-,32-13+. The molecule has 0 bridgehead atoms. The van der Waals surface area contributed by atoms with E-state index in [1.165, 1.54) is 54.9 Å². The third kappa shape index (κ3) is 4.62. The number of hydrogen-bond acceptors (Lipinski definition) is 1. The van der Waals surface area contributed by atoms with E-state index < -0.39 is 0 Å². The van der Waals surface area contributed by atoms with Gasteiger partial charge in [0.2, 0.25) is 0 Å². The average molecular weight is 591 g/mol. The zero-order valence-corrected chi connectivity index (χ0v) is 25.9. The molecule has 220 valence electrons. The van der Waals surface area contributed by atoms with E-state index in [2.05, 4.69) is 139 Å². The predicted molar refractivity (Wildman–Crippen MR) is 197 cm³/mol. The summed E-state index contributed by atoms with van der Waals surface area (Å²) < 4.78 is 2.25. The molecule has 1 aliphatic carbocycles. The molecule has 0 unspecified atom stereocenters. The lowest BCUT2D eigenvalue weighted by atomic mass is 9.82. The molecule has 1 aromatic heterocycles. The molecule has 0 radical (unpaired) electrons.